The number of rotatable bonds is 1. The molecule has 0 saturated carbocycles. The van der Waals surface area contributed by atoms with Crippen molar-refractivity contribution in [3.63, 3.8) is 0 Å². The first-order valence-electron chi connectivity index (χ1n) is 11.3. The Kier molecular flexibility index (Phi) is 3.40. The van der Waals surface area contributed by atoms with E-state index < -0.39 is 0 Å². The normalized spacial score (nSPS) is 14.8. The maximum absolute atomic E-state index is 2.52. The first-order valence-corrected chi connectivity index (χ1v) is 11.3. The molecule has 0 fully saturated rings. The minimum absolute atomic E-state index is 0.0794. The summed E-state index contributed by atoms with van der Waals surface area (Å²) in [7, 11) is 0. The second-order valence-electron chi connectivity index (χ2n) is 9.44. The number of hydrogen-bond acceptors (Lipinski definition) is 1. The number of hydrogen-bond donors (Lipinski definition) is 0. The van der Waals surface area contributed by atoms with Crippen LogP contribution in [0.15, 0.2) is 103 Å². The zero-order valence-electron chi connectivity index (χ0n) is 18.3. The summed E-state index contributed by atoms with van der Waals surface area (Å²) >= 11 is 0. The van der Waals surface area contributed by atoms with Crippen LogP contribution in [0.5, 0.6) is 0 Å². The molecule has 0 unspecified atom stereocenters. The summed E-state index contributed by atoms with van der Waals surface area (Å²) in [5.41, 5.74) is 11.7. The van der Waals surface area contributed by atoms with Crippen LogP contribution in [0.25, 0.3) is 33.0 Å². The SMILES string of the molecule is CC1(C)c2ccc(-c3ccccc3)cc2N2c3ccccc3-c3cccc4ccc1c2c34. The van der Waals surface area contributed by atoms with Crippen molar-refractivity contribution in [1.82, 2.24) is 0 Å². The molecule has 0 N–H and O–H groups in total. The highest BCUT2D eigenvalue weighted by Crippen LogP contribution is 2.59. The van der Waals surface area contributed by atoms with Gasteiger partial charge in [0, 0.05) is 16.4 Å². The Hall–Kier alpha value is -3.84. The van der Waals surface area contributed by atoms with E-state index in [9.17, 15) is 0 Å². The Morgan fingerprint density at radius 2 is 1.31 bits per heavy atom. The van der Waals surface area contributed by atoms with E-state index in [0.29, 0.717) is 0 Å². The van der Waals surface area contributed by atoms with Crippen LogP contribution in [0, 0.1) is 0 Å². The number of para-hydroxylation sites is 1. The predicted molar refractivity (Wildman–Crippen MR) is 135 cm³/mol. The predicted octanol–water partition coefficient (Wildman–Crippen LogP) is 8.60. The fourth-order valence-electron chi connectivity index (χ4n) is 5.79. The van der Waals surface area contributed by atoms with Gasteiger partial charge < -0.3 is 4.90 Å². The number of nitrogens with zero attached hydrogens (tertiary/aromatic N) is 1. The van der Waals surface area contributed by atoms with Crippen molar-refractivity contribution in [2.75, 3.05) is 4.90 Å². The molecule has 32 heavy (non-hydrogen) atoms. The van der Waals surface area contributed by atoms with Gasteiger partial charge in [0.2, 0.25) is 0 Å². The van der Waals surface area contributed by atoms with Crippen LogP contribution in [0.3, 0.4) is 0 Å². The molecule has 7 rings (SSSR count). The Morgan fingerprint density at radius 3 is 2.19 bits per heavy atom. The molecule has 152 valence electrons. The average molecular weight is 410 g/mol. The second-order valence-corrected chi connectivity index (χ2v) is 9.44. The molecular formula is C31H23N. The highest BCUT2D eigenvalue weighted by atomic mass is 15.2. The Bertz CT molecular complexity index is 1540. The molecule has 0 aromatic heterocycles. The van der Waals surface area contributed by atoms with Crippen LogP contribution < -0.4 is 4.90 Å². The molecule has 0 bridgehead atoms. The Labute approximate surface area is 188 Å². The van der Waals surface area contributed by atoms with Crippen LogP contribution >= 0.6 is 0 Å². The van der Waals surface area contributed by atoms with Crippen LogP contribution in [-0.4, -0.2) is 0 Å². The van der Waals surface area contributed by atoms with Gasteiger partial charge in [-0.15, -0.1) is 0 Å². The second kappa shape index (κ2) is 6.11. The summed E-state index contributed by atoms with van der Waals surface area (Å²) in [5, 5.41) is 2.67. The molecule has 5 aromatic carbocycles. The van der Waals surface area contributed by atoms with Crippen molar-refractivity contribution in [1.29, 1.82) is 0 Å². The van der Waals surface area contributed by atoms with Crippen molar-refractivity contribution in [2.45, 2.75) is 19.3 Å². The van der Waals surface area contributed by atoms with Crippen molar-refractivity contribution < 1.29 is 0 Å². The zero-order valence-corrected chi connectivity index (χ0v) is 18.3. The largest absolute Gasteiger partial charge is 0.309 e. The van der Waals surface area contributed by atoms with E-state index in [4.69, 9.17) is 0 Å². The lowest BCUT2D eigenvalue weighted by Crippen LogP contribution is -2.32. The maximum Gasteiger partial charge on any atom is 0.0587 e. The quantitative estimate of drug-likeness (QED) is 0.263. The Balaban J connectivity index is 1.63. The molecule has 2 heterocycles. The summed E-state index contributed by atoms with van der Waals surface area (Å²) in [6, 6.07) is 37.9. The van der Waals surface area contributed by atoms with Gasteiger partial charge in [-0.25, -0.2) is 0 Å². The van der Waals surface area contributed by atoms with Gasteiger partial charge in [-0.1, -0.05) is 105 Å². The fraction of sp³-hybridized carbons (Fsp3) is 0.0968. The van der Waals surface area contributed by atoms with Gasteiger partial charge in [-0.05, 0) is 45.3 Å². The van der Waals surface area contributed by atoms with Crippen LogP contribution in [0.2, 0.25) is 0 Å². The molecule has 0 saturated heterocycles. The summed E-state index contributed by atoms with van der Waals surface area (Å²) in [5.74, 6) is 0. The third-order valence-electron chi connectivity index (χ3n) is 7.37. The van der Waals surface area contributed by atoms with Gasteiger partial charge in [0.05, 0.1) is 17.1 Å². The van der Waals surface area contributed by atoms with Crippen LogP contribution in [0.4, 0.5) is 17.1 Å². The van der Waals surface area contributed by atoms with Crippen molar-refractivity contribution in [2.24, 2.45) is 0 Å². The molecule has 2 aliphatic rings. The minimum Gasteiger partial charge on any atom is -0.309 e. The molecule has 0 aliphatic carbocycles. The van der Waals surface area contributed by atoms with E-state index in [1.165, 1.54) is 61.2 Å². The zero-order chi connectivity index (χ0) is 21.4. The minimum atomic E-state index is -0.0794. The van der Waals surface area contributed by atoms with Gasteiger partial charge >= 0.3 is 0 Å². The lowest BCUT2D eigenvalue weighted by atomic mass is 9.71. The van der Waals surface area contributed by atoms with Crippen molar-refractivity contribution >= 4 is 27.8 Å². The van der Waals surface area contributed by atoms with E-state index in [1.807, 2.05) is 0 Å². The van der Waals surface area contributed by atoms with E-state index >= 15 is 0 Å². The summed E-state index contributed by atoms with van der Waals surface area (Å²) < 4.78 is 0. The molecular weight excluding hydrogens is 386 g/mol. The molecule has 2 aliphatic heterocycles. The summed E-state index contributed by atoms with van der Waals surface area (Å²) in [6.07, 6.45) is 0. The monoisotopic (exact) mass is 409 g/mol. The van der Waals surface area contributed by atoms with Crippen molar-refractivity contribution in [3.05, 3.63) is 114 Å². The number of fused-ring (bicyclic) bond motifs is 5. The summed E-state index contributed by atoms with van der Waals surface area (Å²) in [4.78, 5) is 2.52. The van der Waals surface area contributed by atoms with E-state index in [-0.39, 0.29) is 5.41 Å². The molecule has 0 radical (unpaired) electrons. The highest BCUT2D eigenvalue weighted by molar-refractivity contribution is 6.16. The lowest BCUT2D eigenvalue weighted by Gasteiger charge is -2.45. The third kappa shape index (κ3) is 2.18. The van der Waals surface area contributed by atoms with Gasteiger partial charge in [-0.3, -0.25) is 0 Å². The van der Waals surface area contributed by atoms with E-state index in [2.05, 4.69) is 122 Å². The lowest BCUT2D eigenvalue weighted by molar-refractivity contribution is 0.633. The molecule has 5 aromatic rings. The smallest absolute Gasteiger partial charge is 0.0587 e. The molecule has 1 heteroatoms. The standard InChI is InChI=1S/C31H23N/c1-31(2)25-17-16-22(20-9-4-3-5-10-20)19-28(25)32-27-14-7-6-12-23(27)24-13-8-11-21-15-18-26(31)30(32)29(21)24/h3-19H,1-2H3. The molecule has 0 atom stereocenters. The van der Waals surface area contributed by atoms with Crippen molar-refractivity contribution in [3.8, 4) is 22.3 Å². The average Bonchev–Trinajstić information content (AvgIpc) is 2.84. The van der Waals surface area contributed by atoms with Gasteiger partial charge in [0.15, 0.2) is 0 Å². The topological polar surface area (TPSA) is 3.24 Å². The van der Waals surface area contributed by atoms with Crippen LogP contribution in [-0.2, 0) is 5.41 Å². The van der Waals surface area contributed by atoms with Gasteiger partial charge in [0.1, 0.15) is 0 Å². The molecule has 0 spiro atoms. The number of anilines is 3. The van der Waals surface area contributed by atoms with Gasteiger partial charge in [-0.2, -0.15) is 0 Å². The highest BCUT2D eigenvalue weighted by Gasteiger charge is 2.40. The Morgan fingerprint density at radius 1 is 0.562 bits per heavy atom. The third-order valence-corrected chi connectivity index (χ3v) is 7.37. The first kappa shape index (κ1) is 17.8. The number of benzene rings is 5. The summed E-state index contributed by atoms with van der Waals surface area (Å²) in [6.45, 7) is 4.73. The molecule has 1 nitrogen and oxygen atoms in total. The van der Waals surface area contributed by atoms with Crippen LogP contribution in [0.1, 0.15) is 25.0 Å². The fourth-order valence-corrected chi connectivity index (χ4v) is 5.79. The maximum atomic E-state index is 2.52. The van der Waals surface area contributed by atoms with Gasteiger partial charge in [0.25, 0.3) is 0 Å². The van der Waals surface area contributed by atoms with E-state index in [1.54, 1.807) is 0 Å². The molecule has 0 amide bonds. The first-order chi connectivity index (χ1) is 15.6. The van der Waals surface area contributed by atoms with E-state index in [0.717, 1.165) is 0 Å².